The Kier molecular flexibility index (Phi) is 3.91. The molecule has 2 heterocycles. The average molecular weight is 246 g/mol. The molecule has 2 amide bonds. The van der Waals surface area contributed by atoms with E-state index < -0.39 is 6.03 Å². The molecule has 2 N–H and O–H groups in total. The van der Waals surface area contributed by atoms with Gasteiger partial charge in [-0.05, 0) is 24.3 Å². The van der Waals surface area contributed by atoms with Crippen molar-refractivity contribution < 1.29 is 13.6 Å². The Morgan fingerprint density at radius 3 is 1.89 bits per heavy atom. The summed E-state index contributed by atoms with van der Waals surface area (Å²) in [7, 11) is 0. The lowest BCUT2D eigenvalue weighted by atomic mass is 10.5. The van der Waals surface area contributed by atoms with E-state index in [4.69, 9.17) is 8.83 Å². The number of furan rings is 2. The molecule has 0 aromatic carbocycles. The Labute approximate surface area is 102 Å². The molecule has 92 valence electrons. The molecular formula is C11H10N4O3. The van der Waals surface area contributed by atoms with Gasteiger partial charge in [0.25, 0.3) is 0 Å². The van der Waals surface area contributed by atoms with Crippen LogP contribution in [-0.2, 0) is 0 Å². The first-order valence-corrected chi connectivity index (χ1v) is 5.04. The normalized spacial score (nSPS) is 11.1. The summed E-state index contributed by atoms with van der Waals surface area (Å²) < 4.78 is 9.96. The molecule has 2 aromatic heterocycles. The number of amides is 2. The summed E-state index contributed by atoms with van der Waals surface area (Å²) in [5.41, 5.74) is 4.43. The summed E-state index contributed by atoms with van der Waals surface area (Å²) in [5.74, 6) is 1.07. The summed E-state index contributed by atoms with van der Waals surface area (Å²) >= 11 is 0. The van der Waals surface area contributed by atoms with Crippen LogP contribution in [0.3, 0.4) is 0 Å². The summed E-state index contributed by atoms with van der Waals surface area (Å²) in [6, 6.07) is 6.28. The lowest BCUT2D eigenvalue weighted by Gasteiger charge is -1.95. The van der Waals surface area contributed by atoms with Gasteiger partial charge in [0.2, 0.25) is 0 Å². The van der Waals surface area contributed by atoms with E-state index in [2.05, 4.69) is 21.1 Å². The molecule has 2 rings (SSSR count). The fraction of sp³-hybridized carbons (Fsp3) is 0. The molecule has 7 nitrogen and oxygen atoms in total. The maximum absolute atomic E-state index is 11.2. The van der Waals surface area contributed by atoms with Crippen LogP contribution in [0, 0.1) is 0 Å². The van der Waals surface area contributed by atoms with Gasteiger partial charge in [-0.15, -0.1) is 0 Å². The number of urea groups is 1. The van der Waals surface area contributed by atoms with Crippen LogP contribution in [0.4, 0.5) is 4.79 Å². The quantitative estimate of drug-likeness (QED) is 0.633. The molecule has 0 saturated heterocycles. The Morgan fingerprint density at radius 2 is 1.50 bits per heavy atom. The van der Waals surface area contributed by atoms with E-state index >= 15 is 0 Å². The summed E-state index contributed by atoms with van der Waals surface area (Å²) in [6.07, 6.45) is 5.76. The highest BCUT2D eigenvalue weighted by molar-refractivity contribution is 5.81. The lowest BCUT2D eigenvalue weighted by Crippen LogP contribution is -2.28. The van der Waals surface area contributed by atoms with Crippen molar-refractivity contribution in [2.45, 2.75) is 0 Å². The standard InChI is InChI=1S/C11H10N4O3/c16-11(14-12-7-9-3-1-5-17-9)15-13-8-10-4-2-6-18-10/h1-8H,(H2,14,15,16)/b12-7-,13-8-. The van der Waals surface area contributed by atoms with Crippen LogP contribution < -0.4 is 10.9 Å². The third-order valence-electron chi connectivity index (χ3n) is 1.80. The molecule has 0 aliphatic rings. The molecule has 0 radical (unpaired) electrons. The first kappa shape index (κ1) is 11.6. The molecule has 0 atom stereocenters. The van der Waals surface area contributed by atoms with Crippen LogP contribution in [0.5, 0.6) is 0 Å². The zero-order chi connectivity index (χ0) is 12.6. The predicted molar refractivity (Wildman–Crippen MR) is 64.3 cm³/mol. The highest BCUT2D eigenvalue weighted by atomic mass is 16.3. The second-order valence-corrected chi connectivity index (χ2v) is 3.10. The highest BCUT2D eigenvalue weighted by Crippen LogP contribution is 1.95. The van der Waals surface area contributed by atoms with Crippen LogP contribution in [-0.4, -0.2) is 18.5 Å². The number of carbonyl (C=O) groups is 1. The van der Waals surface area contributed by atoms with E-state index in [1.807, 2.05) is 0 Å². The number of carbonyl (C=O) groups excluding carboxylic acids is 1. The number of hydrogen-bond acceptors (Lipinski definition) is 5. The molecule has 0 unspecified atom stereocenters. The van der Waals surface area contributed by atoms with Gasteiger partial charge >= 0.3 is 6.03 Å². The number of rotatable bonds is 4. The smallest absolute Gasteiger partial charge is 0.355 e. The Morgan fingerprint density at radius 1 is 1.00 bits per heavy atom. The van der Waals surface area contributed by atoms with E-state index in [0.717, 1.165) is 0 Å². The predicted octanol–water partition coefficient (Wildman–Crippen LogP) is 1.54. The van der Waals surface area contributed by atoms with Crippen molar-refractivity contribution in [1.29, 1.82) is 0 Å². The van der Waals surface area contributed by atoms with Crippen LogP contribution in [0.15, 0.2) is 55.8 Å². The van der Waals surface area contributed by atoms with Crippen molar-refractivity contribution >= 4 is 18.5 Å². The first-order chi connectivity index (χ1) is 8.84. The molecule has 18 heavy (non-hydrogen) atoms. The fourth-order valence-corrected chi connectivity index (χ4v) is 1.06. The Bertz CT molecular complexity index is 480. The topological polar surface area (TPSA) is 92.1 Å². The maximum Gasteiger partial charge on any atom is 0.355 e. The second-order valence-electron chi connectivity index (χ2n) is 3.10. The van der Waals surface area contributed by atoms with Gasteiger partial charge in [-0.25, -0.2) is 15.6 Å². The molecular weight excluding hydrogens is 236 g/mol. The minimum atomic E-state index is -0.569. The first-order valence-electron chi connectivity index (χ1n) is 5.04. The molecule has 0 bridgehead atoms. The summed E-state index contributed by atoms with van der Waals surface area (Å²) in [6.45, 7) is 0. The van der Waals surface area contributed by atoms with Gasteiger partial charge < -0.3 is 8.83 Å². The van der Waals surface area contributed by atoms with Crippen LogP contribution in [0.1, 0.15) is 11.5 Å². The van der Waals surface area contributed by atoms with Gasteiger partial charge in [0.15, 0.2) is 0 Å². The van der Waals surface area contributed by atoms with Gasteiger partial charge in [0.05, 0.1) is 25.0 Å². The molecule has 0 aliphatic heterocycles. The minimum Gasteiger partial charge on any atom is -0.463 e. The largest absolute Gasteiger partial charge is 0.463 e. The van der Waals surface area contributed by atoms with Crippen molar-refractivity contribution in [3.8, 4) is 0 Å². The van der Waals surface area contributed by atoms with Crippen molar-refractivity contribution in [3.63, 3.8) is 0 Å². The van der Waals surface area contributed by atoms with E-state index in [9.17, 15) is 4.79 Å². The van der Waals surface area contributed by atoms with Crippen molar-refractivity contribution in [3.05, 3.63) is 48.3 Å². The second kappa shape index (κ2) is 6.04. The SMILES string of the molecule is O=C(N/N=C\c1ccco1)N/N=C\c1ccco1. The summed E-state index contributed by atoms with van der Waals surface area (Å²) in [4.78, 5) is 11.2. The fourth-order valence-electron chi connectivity index (χ4n) is 1.06. The van der Waals surface area contributed by atoms with Gasteiger partial charge in [0, 0.05) is 0 Å². The lowest BCUT2D eigenvalue weighted by molar-refractivity contribution is 0.242. The molecule has 0 saturated carbocycles. The maximum atomic E-state index is 11.2. The Balaban J connectivity index is 1.72. The van der Waals surface area contributed by atoms with Crippen LogP contribution >= 0.6 is 0 Å². The molecule has 0 spiro atoms. The van der Waals surface area contributed by atoms with Crippen molar-refractivity contribution in [2.75, 3.05) is 0 Å². The van der Waals surface area contributed by atoms with E-state index in [1.54, 1.807) is 24.3 Å². The molecule has 7 heteroatoms. The number of hydrazone groups is 2. The third kappa shape index (κ3) is 3.63. The highest BCUT2D eigenvalue weighted by Gasteiger charge is 1.95. The third-order valence-corrected chi connectivity index (χ3v) is 1.80. The zero-order valence-electron chi connectivity index (χ0n) is 9.24. The van der Waals surface area contributed by atoms with Gasteiger partial charge in [-0.2, -0.15) is 10.2 Å². The zero-order valence-corrected chi connectivity index (χ0v) is 9.24. The van der Waals surface area contributed by atoms with Crippen molar-refractivity contribution in [2.24, 2.45) is 10.2 Å². The van der Waals surface area contributed by atoms with Gasteiger partial charge in [0.1, 0.15) is 11.5 Å². The van der Waals surface area contributed by atoms with Gasteiger partial charge in [-0.1, -0.05) is 0 Å². The Hall–Kier alpha value is -2.83. The van der Waals surface area contributed by atoms with E-state index in [1.165, 1.54) is 25.0 Å². The monoisotopic (exact) mass is 246 g/mol. The summed E-state index contributed by atoms with van der Waals surface area (Å²) in [5, 5.41) is 7.30. The molecule has 0 aliphatic carbocycles. The molecule has 0 fully saturated rings. The molecule has 2 aromatic rings. The van der Waals surface area contributed by atoms with E-state index in [-0.39, 0.29) is 0 Å². The number of nitrogens with zero attached hydrogens (tertiary/aromatic N) is 2. The van der Waals surface area contributed by atoms with E-state index in [0.29, 0.717) is 11.5 Å². The van der Waals surface area contributed by atoms with Crippen molar-refractivity contribution in [1.82, 2.24) is 10.9 Å². The minimum absolute atomic E-state index is 0.536. The number of hydrogen-bond donors (Lipinski definition) is 2. The van der Waals surface area contributed by atoms with Crippen LogP contribution in [0.2, 0.25) is 0 Å². The van der Waals surface area contributed by atoms with Gasteiger partial charge in [-0.3, -0.25) is 0 Å². The van der Waals surface area contributed by atoms with Crippen LogP contribution in [0.25, 0.3) is 0 Å². The number of nitrogens with one attached hydrogen (secondary N) is 2. The average Bonchev–Trinajstić information content (AvgIpc) is 3.01.